The van der Waals surface area contributed by atoms with Gasteiger partial charge in [-0.15, -0.1) is 0 Å². The van der Waals surface area contributed by atoms with Crippen molar-refractivity contribution in [1.29, 1.82) is 0 Å². The van der Waals surface area contributed by atoms with Gasteiger partial charge in [-0.2, -0.15) is 0 Å². The molecule has 0 aliphatic heterocycles. The lowest BCUT2D eigenvalue weighted by molar-refractivity contribution is 0.722. The van der Waals surface area contributed by atoms with Crippen molar-refractivity contribution in [2.75, 3.05) is 0 Å². The van der Waals surface area contributed by atoms with Gasteiger partial charge in [0.2, 0.25) is 0 Å². The highest BCUT2D eigenvalue weighted by atomic mass is 16.1. The first-order valence-electron chi connectivity index (χ1n) is 6.26. The Hall–Kier alpha value is -1.61. The number of aromatic nitrogens is 1. The number of benzene rings is 1. The van der Waals surface area contributed by atoms with Crippen LogP contribution < -0.4 is 11.3 Å². The molecule has 1 heterocycles. The Balaban J connectivity index is 2.84. The van der Waals surface area contributed by atoms with Gasteiger partial charge in [0, 0.05) is 24.0 Å². The molecule has 0 fully saturated rings. The van der Waals surface area contributed by atoms with Crippen LogP contribution in [0.25, 0.3) is 10.9 Å². The Kier molecular flexibility index (Phi) is 3.26. The Labute approximate surface area is 107 Å². The number of nitrogens with two attached hydrogens (primary N) is 1. The molecule has 3 nitrogen and oxygen atoms in total. The van der Waals surface area contributed by atoms with Crippen molar-refractivity contribution >= 4 is 10.9 Å². The summed E-state index contributed by atoms with van der Waals surface area (Å²) in [5.74, 6) is 0. The van der Waals surface area contributed by atoms with Crippen molar-refractivity contribution in [3.63, 3.8) is 0 Å². The molecule has 0 saturated carbocycles. The van der Waals surface area contributed by atoms with Gasteiger partial charge in [0.15, 0.2) is 0 Å². The molecule has 2 rings (SSSR count). The van der Waals surface area contributed by atoms with E-state index in [0.29, 0.717) is 6.42 Å². The minimum Gasteiger partial charge on any atom is -0.328 e. The van der Waals surface area contributed by atoms with Crippen LogP contribution in [0.15, 0.2) is 23.0 Å². The van der Waals surface area contributed by atoms with Gasteiger partial charge in [0.05, 0.1) is 5.52 Å². The molecular formula is C15H20N2O. The lowest BCUT2D eigenvalue weighted by Crippen LogP contribution is -2.27. The summed E-state index contributed by atoms with van der Waals surface area (Å²) >= 11 is 0. The van der Waals surface area contributed by atoms with E-state index in [1.54, 1.807) is 4.57 Å². The fourth-order valence-electron chi connectivity index (χ4n) is 2.49. The maximum atomic E-state index is 12.3. The monoisotopic (exact) mass is 244 g/mol. The van der Waals surface area contributed by atoms with Crippen LogP contribution in [0, 0.1) is 13.8 Å². The Morgan fingerprint density at radius 2 is 1.89 bits per heavy atom. The predicted molar refractivity (Wildman–Crippen MR) is 76.0 cm³/mol. The lowest BCUT2D eigenvalue weighted by Gasteiger charge is -2.14. The SMILES string of the molecule is Cc1ccc(C)c2c1cc(CC(C)N)c(=O)n2C. The number of hydrogen-bond donors (Lipinski definition) is 1. The molecule has 0 radical (unpaired) electrons. The van der Waals surface area contributed by atoms with Crippen molar-refractivity contribution in [1.82, 2.24) is 4.57 Å². The molecule has 0 saturated heterocycles. The van der Waals surface area contributed by atoms with Crippen molar-refractivity contribution in [3.05, 3.63) is 45.2 Å². The van der Waals surface area contributed by atoms with E-state index in [1.165, 1.54) is 5.56 Å². The van der Waals surface area contributed by atoms with Gasteiger partial charge in [-0.3, -0.25) is 4.79 Å². The molecule has 1 aromatic heterocycles. The molecule has 0 aliphatic carbocycles. The first kappa shape index (κ1) is 12.8. The first-order valence-corrected chi connectivity index (χ1v) is 6.26. The lowest BCUT2D eigenvalue weighted by atomic mass is 10.0. The van der Waals surface area contributed by atoms with Crippen LogP contribution in [0.2, 0.25) is 0 Å². The van der Waals surface area contributed by atoms with Crippen LogP contribution in [-0.4, -0.2) is 10.6 Å². The largest absolute Gasteiger partial charge is 0.328 e. The fraction of sp³-hybridized carbons (Fsp3) is 0.400. The molecule has 2 aromatic rings. The molecule has 18 heavy (non-hydrogen) atoms. The van der Waals surface area contributed by atoms with E-state index >= 15 is 0 Å². The number of aryl methyl sites for hydroxylation is 3. The van der Waals surface area contributed by atoms with Gasteiger partial charge in [-0.1, -0.05) is 12.1 Å². The van der Waals surface area contributed by atoms with E-state index in [1.807, 2.05) is 27.0 Å². The third kappa shape index (κ3) is 2.06. The van der Waals surface area contributed by atoms with Crippen molar-refractivity contribution in [2.24, 2.45) is 12.8 Å². The van der Waals surface area contributed by atoms with Crippen LogP contribution in [0.5, 0.6) is 0 Å². The van der Waals surface area contributed by atoms with Crippen molar-refractivity contribution in [2.45, 2.75) is 33.2 Å². The zero-order chi connectivity index (χ0) is 13.4. The van der Waals surface area contributed by atoms with Crippen LogP contribution >= 0.6 is 0 Å². The van der Waals surface area contributed by atoms with Gasteiger partial charge >= 0.3 is 0 Å². The van der Waals surface area contributed by atoms with Gasteiger partial charge < -0.3 is 10.3 Å². The molecular weight excluding hydrogens is 224 g/mol. The summed E-state index contributed by atoms with van der Waals surface area (Å²) in [6.07, 6.45) is 0.621. The second-order valence-electron chi connectivity index (χ2n) is 5.18. The molecule has 1 unspecified atom stereocenters. The third-order valence-electron chi connectivity index (χ3n) is 3.41. The van der Waals surface area contributed by atoms with Gasteiger partial charge in [-0.25, -0.2) is 0 Å². The zero-order valence-electron chi connectivity index (χ0n) is 11.4. The molecule has 0 bridgehead atoms. The smallest absolute Gasteiger partial charge is 0.254 e. The van der Waals surface area contributed by atoms with Crippen molar-refractivity contribution in [3.8, 4) is 0 Å². The molecule has 2 N–H and O–H groups in total. The van der Waals surface area contributed by atoms with E-state index in [2.05, 4.69) is 19.1 Å². The summed E-state index contributed by atoms with van der Waals surface area (Å²) in [6.45, 7) is 6.03. The summed E-state index contributed by atoms with van der Waals surface area (Å²) in [7, 11) is 1.84. The highest BCUT2D eigenvalue weighted by Crippen LogP contribution is 2.21. The van der Waals surface area contributed by atoms with Crippen LogP contribution in [0.3, 0.4) is 0 Å². The molecule has 0 spiro atoms. The number of rotatable bonds is 2. The maximum Gasteiger partial charge on any atom is 0.254 e. The third-order valence-corrected chi connectivity index (χ3v) is 3.41. The fourth-order valence-corrected chi connectivity index (χ4v) is 2.49. The quantitative estimate of drug-likeness (QED) is 0.879. The second kappa shape index (κ2) is 4.58. The average molecular weight is 244 g/mol. The zero-order valence-corrected chi connectivity index (χ0v) is 11.4. The first-order chi connectivity index (χ1) is 8.41. The highest BCUT2D eigenvalue weighted by Gasteiger charge is 2.11. The van der Waals surface area contributed by atoms with Gasteiger partial charge in [0.25, 0.3) is 5.56 Å². The number of hydrogen-bond acceptors (Lipinski definition) is 2. The van der Waals surface area contributed by atoms with E-state index in [9.17, 15) is 4.79 Å². The minimum atomic E-state index is 0.000246. The molecule has 3 heteroatoms. The Morgan fingerprint density at radius 3 is 2.50 bits per heavy atom. The summed E-state index contributed by atoms with van der Waals surface area (Å²) in [5, 5.41) is 1.15. The van der Waals surface area contributed by atoms with E-state index in [4.69, 9.17) is 5.73 Å². The Morgan fingerprint density at radius 1 is 1.28 bits per heavy atom. The molecule has 96 valence electrons. The molecule has 1 aromatic carbocycles. The highest BCUT2D eigenvalue weighted by molar-refractivity contribution is 5.85. The van der Waals surface area contributed by atoms with Gasteiger partial charge in [0.1, 0.15) is 0 Å². The van der Waals surface area contributed by atoms with Crippen molar-refractivity contribution < 1.29 is 0 Å². The standard InChI is InChI=1S/C15H20N2O/c1-9-5-6-10(2)14-13(9)8-12(7-11(3)16)15(18)17(14)4/h5-6,8,11H,7,16H2,1-4H3. The number of nitrogens with zero attached hydrogens (tertiary/aromatic N) is 1. The number of pyridine rings is 1. The molecule has 1 atom stereocenters. The topological polar surface area (TPSA) is 48.0 Å². The van der Waals surface area contributed by atoms with E-state index in [0.717, 1.165) is 22.0 Å². The molecule has 0 aliphatic rings. The van der Waals surface area contributed by atoms with Crippen LogP contribution in [0.1, 0.15) is 23.6 Å². The normalized spacial score (nSPS) is 12.9. The Bertz CT molecular complexity index is 654. The molecule has 0 amide bonds. The van der Waals surface area contributed by atoms with Crippen LogP contribution in [-0.2, 0) is 13.5 Å². The summed E-state index contributed by atoms with van der Waals surface area (Å²) in [5.41, 5.74) is 10.0. The maximum absolute atomic E-state index is 12.3. The van der Waals surface area contributed by atoms with Gasteiger partial charge in [-0.05, 0) is 44.4 Å². The summed E-state index contributed by atoms with van der Waals surface area (Å²) in [6, 6.07) is 6.16. The average Bonchev–Trinajstić information content (AvgIpc) is 2.29. The number of fused-ring (bicyclic) bond motifs is 1. The van der Waals surface area contributed by atoms with E-state index in [-0.39, 0.29) is 11.6 Å². The minimum absolute atomic E-state index is 0.000246. The summed E-state index contributed by atoms with van der Waals surface area (Å²) < 4.78 is 1.75. The summed E-state index contributed by atoms with van der Waals surface area (Å²) in [4.78, 5) is 12.3. The van der Waals surface area contributed by atoms with E-state index < -0.39 is 0 Å². The van der Waals surface area contributed by atoms with Crippen LogP contribution in [0.4, 0.5) is 0 Å². The predicted octanol–water partition coefficient (Wildman–Crippen LogP) is 2.05. The second-order valence-corrected chi connectivity index (χ2v) is 5.18.